The second kappa shape index (κ2) is 6.29. The van der Waals surface area contributed by atoms with Gasteiger partial charge in [-0.3, -0.25) is 4.79 Å². The fourth-order valence-corrected chi connectivity index (χ4v) is 2.03. The summed E-state index contributed by atoms with van der Waals surface area (Å²) >= 11 is 1.67. The van der Waals surface area contributed by atoms with Gasteiger partial charge >= 0.3 is 0 Å². The van der Waals surface area contributed by atoms with Crippen molar-refractivity contribution in [2.75, 3.05) is 18.7 Å². The van der Waals surface area contributed by atoms with E-state index in [4.69, 9.17) is 4.74 Å². The summed E-state index contributed by atoms with van der Waals surface area (Å²) in [6, 6.07) is 14.8. The zero-order chi connectivity index (χ0) is 13.7. The highest BCUT2D eigenvalue weighted by Crippen LogP contribution is 2.18. The minimum atomic E-state index is -0.125. The van der Waals surface area contributed by atoms with Crippen molar-refractivity contribution < 1.29 is 9.53 Å². The molecule has 0 aliphatic rings. The van der Waals surface area contributed by atoms with Crippen molar-refractivity contribution in [2.45, 2.75) is 4.90 Å². The maximum Gasteiger partial charge on any atom is 0.255 e. The summed E-state index contributed by atoms with van der Waals surface area (Å²) in [7, 11) is 1.60. The Hall–Kier alpha value is -1.94. The van der Waals surface area contributed by atoms with E-state index >= 15 is 0 Å². The van der Waals surface area contributed by atoms with Gasteiger partial charge in [-0.15, -0.1) is 11.8 Å². The Morgan fingerprint density at radius 3 is 2.21 bits per heavy atom. The molecule has 0 bridgehead atoms. The number of benzene rings is 2. The molecule has 98 valence electrons. The van der Waals surface area contributed by atoms with Gasteiger partial charge in [0.15, 0.2) is 0 Å². The van der Waals surface area contributed by atoms with Crippen molar-refractivity contribution in [2.24, 2.45) is 0 Å². The Kier molecular flexibility index (Phi) is 4.47. The third-order valence-electron chi connectivity index (χ3n) is 2.70. The first-order valence-corrected chi connectivity index (χ1v) is 7.05. The van der Waals surface area contributed by atoms with E-state index < -0.39 is 0 Å². The van der Waals surface area contributed by atoms with Gasteiger partial charge in [0.2, 0.25) is 0 Å². The zero-order valence-corrected chi connectivity index (χ0v) is 11.7. The Morgan fingerprint density at radius 2 is 1.68 bits per heavy atom. The molecule has 0 heterocycles. The summed E-state index contributed by atoms with van der Waals surface area (Å²) in [6.45, 7) is 0. The lowest BCUT2D eigenvalue weighted by molar-refractivity contribution is 0.102. The van der Waals surface area contributed by atoms with E-state index in [0.29, 0.717) is 5.56 Å². The number of hydrogen-bond donors (Lipinski definition) is 1. The Morgan fingerprint density at radius 1 is 1.05 bits per heavy atom. The van der Waals surface area contributed by atoms with Gasteiger partial charge in [-0.2, -0.15) is 0 Å². The number of methoxy groups -OCH3 is 1. The van der Waals surface area contributed by atoms with Gasteiger partial charge in [0.05, 0.1) is 7.11 Å². The predicted octanol–water partition coefficient (Wildman–Crippen LogP) is 3.67. The average molecular weight is 273 g/mol. The molecule has 0 atom stereocenters. The monoisotopic (exact) mass is 273 g/mol. The van der Waals surface area contributed by atoms with Crippen LogP contribution in [0.4, 0.5) is 5.69 Å². The van der Waals surface area contributed by atoms with Gasteiger partial charge in [-0.25, -0.2) is 0 Å². The third-order valence-corrected chi connectivity index (χ3v) is 3.44. The molecular formula is C15H15NO2S. The summed E-state index contributed by atoms with van der Waals surface area (Å²) < 4.78 is 5.06. The number of anilines is 1. The molecule has 0 spiro atoms. The number of amides is 1. The van der Waals surface area contributed by atoms with Crippen molar-refractivity contribution >= 4 is 23.4 Å². The van der Waals surface area contributed by atoms with Crippen molar-refractivity contribution in [1.29, 1.82) is 0 Å². The van der Waals surface area contributed by atoms with Crippen LogP contribution in [0.15, 0.2) is 53.4 Å². The van der Waals surface area contributed by atoms with E-state index in [-0.39, 0.29) is 5.91 Å². The number of thioether (sulfide) groups is 1. The lowest BCUT2D eigenvalue weighted by atomic mass is 10.2. The van der Waals surface area contributed by atoms with Crippen molar-refractivity contribution in [1.82, 2.24) is 0 Å². The zero-order valence-electron chi connectivity index (χ0n) is 10.8. The molecule has 0 saturated heterocycles. The molecule has 0 unspecified atom stereocenters. The number of nitrogens with one attached hydrogen (secondary N) is 1. The van der Waals surface area contributed by atoms with Crippen LogP contribution in [0.2, 0.25) is 0 Å². The van der Waals surface area contributed by atoms with Crippen molar-refractivity contribution in [3.63, 3.8) is 0 Å². The largest absolute Gasteiger partial charge is 0.497 e. The molecule has 2 aromatic carbocycles. The molecule has 0 aliphatic carbocycles. The number of carbonyl (C=O) groups is 1. The molecule has 19 heavy (non-hydrogen) atoms. The number of ether oxygens (including phenoxy) is 1. The van der Waals surface area contributed by atoms with Crippen LogP contribution in [-0.4, -0.2) is 19.3 Å². The first-order valence-electron chi connectivity index (χ1n) is 5.82. The summed E-state index contributed by atoms with van der Waals surface area (Å²) in [5, 5.41) is 2.86. The lowest BCUT2D eigenvalue weighted by Gasteiger charge is -2.06. The van der Waals surface area contributed by atoms with E-state index in [1.54, 1.807) is 43.1 Å². The standard InChI is InChI=1S/C15H15NO2S/c1-18-13-7-3-11(4-8-13)15(17)16-12-5-9-14(19-2)10-6-12/h3-10H,1-2H3,(H,16,17). The number of carbonyl (C=O) groups excluding carboxylic acids is 1. The maximum absolute atomic E-state index is 12.0. The van der Waals surface area contributed by atoms with Crippen LogP contribution in [0.1, 0.15) is 10.4 Å². The molecule has 0 aromatic heterocycles. The van der Waals surface area contributed by atoms with Crippen LogP contribution in [0, 0.1) is 0 Å². The number of rotatable bonds is 4. The van der Waals surface area contributed by atoms with E-state index in [9.17, 15) is 4.79 Å². The van der Waals surface area contributed by atoms with Crippen LogP contribution in [0.3, 0.4) is 0 Å². The first-order chi connectivity index (χ1) is 9.22. The normalized spacial score (nSPS) is 10.0. The van der Waals surface area contributed by atoms with E-state index in [0.717, 1.165) is 11.4 Å². The van der Waals surface area contributed by atoms with Crippen molar-refractivity contribution in [3.05, 3.63) is 54.1 Å². The lowest BCUT2D eigenvalue weighted by Crippen LogP contribution is -2.11. The minimum absolute atomic E-state index is 0.125. The van der Waals surface area contributed by atoms with Crippen LogP contribution in [0.5, 0.6) is 5.75 Å². The summed E-state index contributed by atoms with van der Waals surface area (Å²) in [4.78, 5) is 13.2. The molecule has 0 aliphatic heterocycles. The van der Waals surface area contributed by atoms with Crippen LogP contribution in [0.25, 0.3) is 0 Å². The molecule has 0 saturated carbocycles. The summed E-state index contributed by atoms with van der Waals surface area (Å²) in [6.07, 6.45) is 2.02. The van der Waals surface area contributed by atoms with Crippen LogP contribution in [-0.2, 0) is 0 Å². The molecule has 2 rings (SSSR count). The average Bonchev–Trinajstić information content (AvgIpc) is 2.48. The molecule has 2 aromatic rings. The molecule has 0 radical (unpaired) electrons. The van der Waals surface area contributed by atoms with Gasteiger partial charge < -0.3 is 10.1 Å². The highest BCUT2D eigenvalue weighted by molar-refractivity contribution is 7.98. The van der Waals surface area contributed by atoms with Gasteiger partial charge in [0, 0.05) is 16.1 Å². The number of hydrogen-bond acceptors (Lipinski definition) is 3. The first kappa shape index (κ1) is 13.5. The van der Waals surface area contributed by atoms with E-state index in [2.05, 4.69) is 5.32 Å². The maximum atomic E-state index is 12.0. The van der Waals surface area contributed by atoms with E-state index in [1.165, 1.54) is 4.90 Å². The summed E-state index contributed by atoms with van der Waals surface area (Å²) in [5.41, 5.74) is 1.40. The Labute approximate surface area is 117 Å². The minimum Gasteiger partial charge on any atom is -0.497 e. The molecule has 4 heteroatoms. The second-order valence-corrected chi connectivity index (χ2v) is 4.79. The van der Waals surface area contributed by atoms with Gasteiger partial charge in [-0.1, -0.05) is 0 Å². The topological polar surface area (TPSA) is 38.3 Å². The Bertz CT molecular complexity index is 549. The SMILES string of the molecule is COc1ccc(C(=O)Nc2ccc(SC)cc2)cc1. The highest BCUT2D eigenvalue weighted by atomic mass is 32.2. The van der Waals surface area contributed by atoms with Gasteiger partial charge in [0.1, 0.15) is 5.75 Å². The quantitative estimate of drug-likeness (QED) is 0.864. The molecule has 3 nitrogen and oxygen atoms in total. The molecule has 0 fully saturated rings. The van der Waals surface area contributed by atoms with Gasteiger partial charge in [0.25, 0.3) is 5.91 Å². The molecule has 1 amide bonds. The highest BCUT2D eigenvalue weighted by Gasteiger charge is 2.06. The predicted molar refractivity (Wildman–Crippen MR) is 79.2 cm³/mol. The Balaban J connectivity index is 2.06. The molecular weight excluding hydrogens is 258 g/mol. The fourth-order valence-electron chi connectivity index (χ4n) is 1.62. The van der Waals surface area contributed by atoms with Crippen LogP contribution >= 0.6 is 11.8 Å². The van der Waals surface area contributed by atoms with Crippen LogP contribution < -0.4 is 10.1 Å². The van der Waals surface area contributed by atoms with Gasteiger partial charge in [-0.05, 0) is 54.8 Å². The van der Waals surface area contributed by atoms with Crippen molar-refractivity contribution in [3.8, 4) is 5.75 Å². The second-order valence-electron chi connectivity index (χ2n) is 3.91. The third kappa shape index (κ3) is 3.51. The summed E-state index contributed by atoms with van der Waals surface area (Å²) in [5.74, 6) is 0.612. The smallest absolute Gasteiger partial charge is 0.255 e. The van der Waals surface area contributed by atoms with E-state index in [1.807, 2.05) is 30.5 Å². The fraction of sp³-hybridized carbons (Fsp3) is 0.133. The molecule has 1 N–H and O–H groups in total.